The van der Waals surface area contributed by atoms with E-state index in [-0.39, 0.29) is 16.7 Å². The van der Waals surface area contributed by atoms with Crippen LogP contribution < -0.4 is 5.73 Å². The van der Waals surface area contributed by atoms with Crippen LogP contribution >= 0.6 is 11.6 Å². The number of rotatable bonds is 3. The molecule has 0 aromatic heterocycles. The average molecular weight is 255 g/mol. The topological polar surface area (TPSA) is 69.2 Å². The molecule has 2 N–H and O–H groups in total. The number of halogens is 1. The number of nitrogens with zero attached hydrogens (tertiary/aromatic N) is 1. The van der Waals surface area contributed by atoms with Gasteiger partial charge in [-0.25, -0.2) is 0 Å². The largest absolute Gasteiger partial charge is 0.327 e. The Bertz CT molecular complexity index is 437. The summed E-state index contributed by atoms with van der Waals surface area (Å²) in [5.74, 6) is 0.356. The Morgan fingerprint density at radius 3 is 2.82 bits per heavy atom. The second-order valence-corrected chi connectivity index (χ2v) is 5.03. The number of hydrogen-bond donors (Lipinski definition) is 1. The van der Waals surface area contributed by atoms with Gasteiger partial charge in [0.25, 0.3) is 5.69 Å². The van der Waals surface area contributed by atoms with Gasteiger partial charge in [0.2, 0.25) is 0 Å². The number of benzene rings is 1. The summed E-state index contributed by atoms with van der Waals surface area (Å²) >= 11 is 5.78. The molecule has 0 spiro atoms. The molecule has 0 radical (unpaired) electrons. The Labute approximate surface area is 105 Å². The first-order valence-corrected chi connectivity index (χ1v) is 6.14. The van der Waals surface area contributed by atoms with Crippen molar-refractivity contribution in [2.24, 2.45) is 11.7 Å². The van der Waals surface area contributed by atoms with Crippen molar-refractivity contribution >= 4 is 17.3 Å². The Hall–Kier alpha value is -1.13. The highest BCUT2D eigenvalue weighted by Crippen LogP contribution is 2.31. The minimum absolute atomic E-state index is 0.108. The Morgan fingerprint density at radius 2 is 2.24 bits per heavy atom. The van der Waals surface area contributed by atoms with E-state index in [0.29, 0.717) is 17.4 Å². The molecule has 1 saturated carbocycles. The summed E-state index contributed by atoms with van der Waals surface area (Å²) in [4.78, 5) is 10.6. The van der Waals surface area contributed by atoms with Crippen LogP contribution in [0.5, 0.6) is 0 Å². The number of hydrogen-bond acceptors (Lipinski definition) is 3. The van der Waals surface area contributed by atoms with E-state index in [1.807, 2.05) is 0 Å². The number of nitro benzene ring substituents is 1. The lowest BCUT2D eigenvalue weighted by Crippen LogP contribution is -2.26. The Kier molecular flexibility index (Phi) is 3.64. The maximum absolute atomic E-state index is 10.9. The fourth-order valence-electron chi connectivity index (χ4n) is 2.48. The lowest BCUT2D eigenvalue weighted by atomic mass is 9.94. The van der Waals surface area contributed by atoms with E-state index < -0.39 is 0 Å². The van der Waals surface area contributed by atoms with Crippen LogP contribution in [-0.2, 0) is 6.42 Å². The fraction of sp³-hybridized carbons (Fsp3) is 0.500. The first-order chi connectivity index (χ1) is 8.08. The van der Waals surface area contributed by atoms with Crippen molar-refractivity contribution in [1.82, 2.24) is 0 Å². The highest BCUT2D eigenvalue weighted by atomic mass is 35.5. The van der Waals surface area contributed by atoms with Gasteiger partial charge in [0.05, 0.1) is 4.92 Å². The molecule has 1 fully saturated rings. The standard InChI is InChI=1S/C12H15ClN2O2/c13-10-5-4-9(12(7-10)15(16)17)6-8-2-1-3-11(8)14/h4-5,7-8,11H,1-3,6,14H2. The maximum atomic E-state index is 10.9. The summed E-state index contributed by atoms with van der Waals surface area (Å²) in [6.45, 7) is 0. The van der Waals surface area contributed by atoms with Crippen molar-refractivity contribution in [3.05, 3.63) is 38.9 Å². The summed E-state index contributed by atoms with van der Waals surface area (Å²) in [6, 6.07) is 5.03. The van der Waals surface area contributed by atoms with Crippen molar-refractivity contribution in [3.8, 4) is 0 Å². The van der Waals surface area contributed by atoms with E-state index in [0.717, 1.165) is 24.8 Å². The van der Waals surface area contributed by atoms with Gasteiger partial charge in [-0.15, -0.1) is 0 Å². The van der Waals surface area contributed by atoms with Gasteiger partial charge in [0.15, 0.2) is 0 Å². The number of nitro groups is 1. The Morgan fingerprint density at radius 1 is 1.47 bits per heavy atom. The average Bonchev–Trinajstić information content (AvgIpc) is 2.67. The zero-order valence-electron chi connectivity index (χ0n) is 9.43. The summed E-state index contributed by atoms with van der Waals surface area (Å²) < 4.78 is 0. The molecular weight excluding hydrogens is 240 g/mol. The van der Waals surface area contributed by atoms with Gasteiger partial charge in [0, 0.05) is 22.7 Å². The highest BCUT2D eigenvalue weighted by Gasteiger charge is 2.26. The molecule has 1 aromatic carbocycles. The van der Waals surface area contributed by atoms with Crippen molar-refractivity contribution in [1.29, 1.82) is 0 Å². The second-order valence-electron chi connectivity index (χ2n) is 4.59. The first kappa shape index (κ1) is 12.3. The third-order valence-electron chi connectivity index (χ3n) is 3.44. The molecule has 0 aliphatic heterocycles. The van der Waals surface area contributed by atoms with E-state index in [2.05, 4.69) is 0 Å². The smallest absolute Gasteiger partial charge is 0.274 e. The minimum Gasteiger partial charge on any atom is -0.327 e. The van der Waals surface area contributed by atoms with E-state index in [9.17, 15) is 10.1 Å². The monoisotopic (exact) mass is 254 g/mol. The van der Waals surface area contributed by atoms with Gasteiger partial charge in [-0.3, -0.25) is 10.1 Å². The van der Waals surface area contributed by atoms with Gasteiger partial charge >= 0.3 is 0 Å². The molecule has 0 saturated heterocycles. The molecule has 2 atom stereocenters. The molecule has 17 heavy (non-hydrogen) atoms. The normalized spacial score (nSPS) is 23.9. The van der Waals surface area contributed by atoms with Crippen LogP contribution in [0, 0.1) is 16.0 Å². The zero-order chi connectivity index (χ0) is 12.4. The molecule has 2 unspecified atom stereocenters. The van der Waals surface area contributed by atoms with Crippen LogP contribution in [0.4, 0.5) is 5.69 Å². The summed E-state index contributed by atoms with van der Waals surface area (Å²) in [6.07, 6.45) is 3.87. The van der Waals surface area contributed by atoms with Crippen molar-refractivity contribution in [2.45, 2.75) is 31.7 Å². The van der Waals surface area contributed by atoms with Crippen LogP contribution in [0.15, 0.2) is 18.2 Å². The first-order valence-electron chi connectivity index (χ1n) is 5.76. The van der Waals surface area contributed by atoms with Crippen molar-refractivity contribution in [2.75, 3.05) is 0 Å². The van der Waals surface area contributed by atoms with Crippen molar-refractivity contribution < 1.29 is 4.92 Å². The predicted molar refractivity (Wildman–Crippen MR) is 67.1 cm³/mol. The quantitative estimate of drug-likeness (QED) is 0.666. The second kappa shape index (κ2) is 5.02. The third-order valence-corrected chi connectivity index (χ3v) is 3.68. The predicted octanol–water partition coefficient (Wildman–Crippen LogP) is 2.92. The van der Waals surface area contributed by atoms with Gasteiger partial charge in [0.1, 0.15) is 0 Å². The summed E-state index contributed by atoms with van der Waals surface area (Å²) in [5, 5.41) is 11.3. The lowest BCUT2D eigenvalue weighted by Gasteiger charge is -2.15. The van der Waals surface area contributed by atoms with Gasteiger partial charge in [-0.05, 0) is 31.2 Å². The minimum atomic E-state index is -0.373. The van der Waals surface area contributed by atoms with Gasteiger partial charge in [-0.1, -0.05) is 24.1 Å². The zero-order valence-corrected chi connectivity index (χ0v) is 10.2. The van der Waals surface area contributed by atoms with E-state index in [4.69, 9.17) is 17.3 Å². The van der Waals surface area contributed by atoms with E-state index >= 15 is 0 Å². The van der Waals surface area contributed by atoms with Crippen LogP contribution in [0.1, 0.15) is 24.8 Å². The molecular formula is C12H15ClN2O2. The van der Waals surface area contributed by atoms with Crippen LogP contribution in [0.3, 0.4) is 0 Å². The van der Waals surface area contributed by atoms with E-state index in [1.54, 1.807) is 12.1 Å². The van der Waals surface area contributed by atoms with Crippen LogP contribution in [0.25, 0.3) is 0 Å². The molecule has 4 nitrogen and oxygen atoms in total. The maximum Gasteiger partial charge on any atom is 0.274 e. The molecule has 92 valence electrons. The molecule has 1 aliphatic carbocycles. The SMILES string of the molecule is NC1CCCC1Cc1ccc(Cl)cc1[N+](=O)[O-]. The fourth-order valence-corrected chi connectivity index (χ4v) is 2.65. The molecule has 1 aliphatic rings. The van der Waals surface area contributed by atoms with Gasteiger partial charge in [-0.2, -0.15) is 0 Å². The Balaban J connectivity index is 2.22. The van der Waals surface area contributed by atoms with Crippen molar-refractivity contribution in [3.63, 3.8) is 0 Å². The molecule has 2 rings (SSSR count). The molecule has 0 bridgehead atoms. The highest BCUT2D eigenvalue weighted by molar-refractivity contribution is 6.30. The third kappa shape index (κ3) is 2.76. The molecule has 0 amide bonds. The van der Waals surface area contributed by atoms with Gasteiger partial charge < -0.3 is 5.73 Å². The molecule has 0 heterocycles. The lowest BCUT2D eigenvalue weighted by molar-refractivity contribution is -0.385. The summed E-state index contributed by atoms with van der Waals surface area (Å²) in [7, 11) is 0. The molecule has 1 aromatic rings. The van der Waals surface area contributed by atoms with E-state index in [1.165, 1.54) is 6.07 Å². The number of nitrogens with two attached hydrogens (primary N) is 1. The summed E-state index contributed by atoms with van der Waals surface area (Å²) in [5.41, 5.74) is 6.83. The molecule has 5 heteroatoms. The van der Waals surface area contributed by atoms with Crippen LogP contribution in [0.2, 0.25) is 5.02 Å². The van der Waals surface area contributed by atoms with Crippen LogP contribution in [-0.4, -0.2) is 11.0 Å².